The molecule has 0 saturated heterocycles. The van der Waals surface area contributed by atoms with Gasteiger partial charge in [0, 0.05) is 26.1 Å². The van der Waals surface area contributed by atoms with E-state index in [2.05, 4.69) is 0 Å². The van der Waals surface area contributed by atoms with Crippen molar-refractivity contribution in [1.29, 1.82) is 0 Å². The van der Waals surface area contributed by atoms with Crippen LogP contribution in [0.2, 0.25) is 0 Å². The van der Waals surface area contributed by atoms with Crippen LogP contribution < -0.4 is 4.74 Å². The predicted octanol–water partition coefficient (Wildman–Crippen LogP) is 1.82. The van der Waals surface area contributed by atoms with Crippen LogP contribution in [0.4, 0.5) is 13.2 Å². The highest BCUT2D eigenvalue weighted by Gasteiger charge is 2.48. The van der Waals surface area contributed by atoms with Gasteiger partial charge in [0.2, 0.25) is 10.0 Å². The van der Waals surface area contributed by atoms with Crippen LogP contribution in [0, 0.1) is 0 Å². The van der Waals surface area contributed by atoms with Gasteiger partial charge < -0.3 is 9.84 Å². The molecule has 0 bridgehead atoms. The highest BCUT2D eigenvalue weighted by molar-refractivity contribution is 7.89. The second-order valence-corrected chi connectivity index (χ2v) is 7.41. The molecule has 1 heterocycles. The van der Waals surface area contributed by atoms with E-state index in [1.807, 2.05) is 0 Å². The molecule has 0 fully saturated rings. The fourth-order valence-electron chi connectivity index (χ4n) is 2.25. The lowest BCUT2D eigenvalue weighted by Gasteiger charge is -2.31. The van der Waals surface area contributed by atoms with Gasteiger partial charge in [-0.2, -0.15) is 13.2 Å². The van der Waals surface area contributed by atoms with E-state index in [1.54, 1.807) is 0 Å². The maximum Gasteiger partial charge on any atom is 0.425 e. The minimum Gasteiger partial charge on any atom is -0.481 e. The van der Waals surface area contributed by atoms with E-state index in [0.717, 1.165) is 22.5 Å². The van der Waals surface area contributed by atoms with Gasteiger partial charge in [-0.05, 0) is 18.2 Å². The molecule has 10 heteroatoms. The Kier molecular flexibility index (Phi) is 4.33. The molecule has 1 aliphatic heterocycles. The van der Waals surface area contributed by atoms with Gasteiger partial charge >= 0.3 is 12.1 Å². The van der Waals surface area contributed by atoms with Gasteiger partial charge in [-0.3, -0.25) is 4.79 Å². The van der Waals surface area contributed by atoms with Crippen molar-refractivity contribution in [2.75, 3.05) is 14.1 Å². The van der Waals surface area contributed by atoms with E-state index in [4.69, 9.17) is 4.74 Å². The SMILES string of the molecule is CN(C)S(=O)(=O)c1ccc2c(c1)C(C(=O)O)CC(C(F)(F)F)O2. The maximum atomic E-state index is 12.8. The van der Waals surface area contributed by atoms with Gasteiger partial charge in [-0.1, -0.05) is 0 Å². The number of aliphatic carboxylic acids is 1. The van der Waals surface area contributed by atoms with Crippen LogP contribution >= 0.6 is 0 Å². The third kappa shape index (κ3) is 3.27. The average Bonchev–Trinajstić information content (AvgIpc) is 2.44. The molecular weight excluding hydrogens is 339 g/mol. The lowest BCUT2D eigenvalue weighted by atomic mass is 9.89. The van der Waals surface area contributed by atoms with Crippen molar-refractivity contribution in [3.63, 3.8) is 0 Å². The molecule has 2 unspecified atom stereocenters. The van der Waals surface area contributed by atoms with Crippen LogP contribution in [0.3, 0.4) is 0 Å². The quantitative estimate of drug-likeness (QED) is 0.896. The van der Waals surface area contributed by atoms with Crippen molar-refractivity contribution in [2.24, 2.45) is 0 Å². The molecule has 1 aromatic carbocycles. The first kappa shape index (κ1) is 17.5. The van der Waals surface area contributed by atoms with Crippen molar-refractivity contribution in [1.82, 2.24) is 4.31 Å². The molecule has 0 amide bonds. The van der Waals surface area contributed by atoms with Crippen molar-refractivity contribution in [3.05, 3.63) is 23.8 Å². The number of hydrogen-bond acceptors (Lipinski definition) is 4. The van der Waals surface area contributed by atoms with Crippen LogP contribution in [0.25, 0.3) is 0 Å². The standard InChI is InChI=1S/C13H14F3NO5S/c1-17(2)23(20,21)7-3-4-10-8(5-7)9(12(18)19)6-11(22-10)13(14,15)16/h3-5,9,11H,6H2,1-2H3,(H,18,19). The second-order valence-electron chi connectivity index (χ2n) is 5.26. The Labute approximate surface area is 130 Å². The minimum absolute atomic E-state index is 0.0825. The third-order valence-electron chi connectivity index (χ3n) is 3.52. The monoisotopic (exact) mass is 353 g/mol. The van der Waals surface area contributed by atoms with E-state index in [1.165, 1.54) is 14.1 Å². The predicted molar refractivity (Wildman–Crippen MR) is 72.8 cm³/mol. The zero-order valence-corrected chi connectivity index (χ0v) is 13.0. The van der Waals surface area contributed by atoms with Gasteiger partial charge in [-0.25, -0.2) is 12.7 Å². The van der Waals surface area contributed by atoms with Crippen LogP contribution in [0.5, 0.6) is 5.75 Å². The fourth-order valence-corrected chi connectivity index (χ4v) is 3.19. The van der Waals surface area contributed by atoms with E-state index < -0.39 is 40.6 Å². The lowest BCUT2D eigenvalue weighted by Crippen LogP contribution is -2.40. The molecule has 1 N–H and O–H groups in total. The summed E-state index contributed by atoms with van der Waals surface area (Å²) in [5.41, 5.74) is -0.0825. The summed E-state index contributed by atoms with van der Waals surface area (Å²) in [7, 11) is -1.26. The molecule has 2 atom stereocenters. The second kappa shape index (κ2) is 5.68. The highest BCUT2D eigenvalue weighted by Crippen LogP contribution is 2.42. The number of hydrogen-bond donors (Lipinski definition) is 1. The summed E-state index contributed by atoms with van der Waals surface area (Å²) in [5.74, 6) is -3.24. The Morgan fingerprint density at radius 2 is 1.96 bits per heavy atom. The number of nitrogens with zero attached hydrogens (tertiary/aromatic N) is 1. The molecule has 6 nitrogen and oxygen atoms in total. The molecule has 0 aromatic heterocycles. The summed E-state index contributed by atoms with van der Waals surface area (Å²) in [5, 5.41) is 9.19. The van der Waals surface area contributed by atoms with E-state index in [-0.39, 0.29) is 16.2 Å². The summed E-state index contributed by atoms with van der Waals surface area (Å²) >= 11 is 0. The van der Waals surface area contributed by atoms with E-state index >= 15 is 0 Å². The van der Waals surface area contributed by atoms with Gasteiger partial charge in [0.1, 0.15) is 5.75 Å². The molecule has 2 rings (SSSR count). The Morgan fingerprint density at radius 3 is 2.43 bits per heavy atom. The summed E-state index contributed by atoms with van der Waals surface area (Å²) in [6.45, 7) is 0. The lowest BCUT2D eigenvalue weighted by molar-refractivity contribution is -0.201. The Balaban J connectivity index is 2.54. The first-order valence-corrected chi connectivity index (χ1v) is 7.91. The number of carbonyl (C=O) groups is 1. The first-order valence-electron chi connectivity index (χ1n) is 6.47. The molecule has 23 heavy (non-hydrogen) atoms. The topological polar surface area (TPSA) is 83.9 Å². The summed E-state index contributed by atoms with van der Waals surface area (Å²) < 4.78 is 68.4. The summed E-state index contributed by atoms with van der Waals surface area (Å²) in [6.07, 6.45) is -7.76. The number of ether oxygens (including phenoxy) is 1. The summed E-state index contributed by atoms with van der Waals surface area (Å²) in [6, 6.07) is 3.20. The fraction of sp³-hybridized carbons (Fsp3) is 0.462. The number of carboxylic acid groups (broad SMARTS) is 1. The molecule has 1 aliphatic rings. The molecular formula is C13H14F3NO5S. The minimum atomic E-state index is -4.71. The van der Waals surface area contributed by atoms with Gasteiger partial charge in [0.25, 0.3) is 0 Å². The third-order valence-corrected chi connectivity index (χ3v) is 5.33. The van der Waals surface area contributed by atoms with E-state index in [0.29, 0.717) is 0 Å². The van der Waals surface area contributed by atoms with Crippen LogP contribution in [0.1, 0.15) is 17.9 Å². The number of alkyl halides is 3. The zero-order chi connectivity index (χ0) is 17.6. The molecule has 0 saturated carbocycles. The van der Waals surface area contributed by atoms with Crippen molar-refractivity contribution < 1.29 is 36.2 Å². The highest BCUT2D eigenvalue weighted by atomic mass is 32.2. The summed E-state index contributed by atoms with van der Waals surface area (Å²) in [4.78, 5) is 11.1. The first-order chi connectivity index (χ1) is 10.4. The molecule has 0 radical (unpaired) electrons. The maximum absolute atomic E-state index is 12.8. The van der Waals surface area contributed by atoms with Crippen molar-refractivity contribution >= 4 is 16.0 Å². The van der Waals surface area contributed by atoms with E-state index in [9.17, 15) is 31.5 Å². The Morgan fingerprint density at radius 1 is 1.35 bits per heavy atom. The van der Waals surface area contributed by atoms with Crippen LogP contribution in [0.15, 0.2) is 23.1 Å². The van der Waals surface area contributed by atoms with Crippen LogP contribution in [-0.4, -0.2) is 50.2 Å². The number of rotatable bonds is 3. The van der Waals surface area contributed by atoms with Crippen molar-refractivity contribution in [3.8, 4) is 5.75 Å². The largest absolute Gasteiger partial charge is 0.481 e. The van der Waals surface area contributed by atoms with Crippen molar-refractivity contribution in [2.45, 2.75) is 29.5 Å². The Hall–Kier alpha value is -1.81. The molecule has 1 aromatic rings. The number of halogens is 3. The number of benzene rings is 1. The molecule has 0 spiro atoms. The number of fused-ring (bicyclic) bond motifs is 1. The normalized spacial score (nSPS) is 21.7. The smallest absolute Gasteiger partial charge is 0.425 e. The molecule has 0 aliphatic carbocycles. The van der Waals surface area contributed by atoms with Gasteiger partial charge in [0.05, 0.1) is 10.8 Å². The van der Waals surface area contributed by atoms with Gasteiger partial charge in [-0.15, -0.1) is 0 Å². The zero-order valence-electron chi connectivity index (χ0n) is 12.2. The number of sulfonamides is 1. The number of carboxylic acids is 1. The average molecular weight is 353 g/mol. The van der Waals surface area contributed by atoms with Gasteiger partial charge in [0.15, 0.2) is 6.10 Å². The van der Waals surface area contributed by atoms with Crippen LogP contribution in [-0.2, 0) is 14.8 Å². The Bertz CT molecular complexity index is 730. The molecule has 128 valence electrons.